The molecule has 1 unspecified atom stereocenters. The highest BCUT2D eigenvalue weighted by Crippen LogP contribution is 2.34. The van der Waals surface area contributed by atoms with Gasteiger partial charge in [0.25, 0.3) is 0 Å². The van der Waals surface area contributed by atoms with E-state index in [4.69, 9.17) is 4.74 Å². The van der Waals surface area contributed by atoms with Crippen LogP contribution in [0.3, 0.4) is 0 Å². The van der Waals surface area contributed by atoms with Gasteiger partial charge < -0.3 is 14.2 Å². The molecule has 34 heavy (non-hydrogen) atoms. The van der Waals surface area contributed by atoms with Gasteiger partial charge in [0, 0.05) is 36.8 Å². The van der Waals surface area contributed by atoms with E-state index >= 15 is 0 Å². The number of benzene rings is 3. The maximum Gasteiger partial charge on any atom is 0.573 e. The van der Waals surface area contributed by atoms with E-state index in [-0.39, 0.29) is 29.4 Å². The van der Waals surface area contributed by atoms with Crippen LogP contribution >= 0.6 is 12.1 Å². The third-order valence-electron chi connectivity index (χ3n) is 5.27. The van der Waals surface area contributed by atoms with Crippen LogP contribution in [0.15, 0.2) is 72.8 Å². The molecule has 0 radical (unpaired) electrons. The van der Waals surface area contributed by atoms with Gasteiger partial charge in [0.1, 0.15) is 17.4 Å². The molecular weight excluding hydrogens is 475 g/mol. The Morgan fingerprint density at radius 1 is 0.882 bits per heavy atom. The van der Waals surface area contributed by atoms with E-state index in [2.05, 4.69) is 9.46 Å². The first kappa shape index (κ1) is 24.3. The van der Waals surface area contributed by atoms with Gasteiger partial charge in [0.2, 0.25) is 0 Å². The molecule has 180 valence electrons. The molecule has 1 saturated heterocycles. The van der Waals surface area contributed by atoms with Crippen LogP contribution in [-0.2, 0) is 4.74 Å². The van der Waals surface area contributed by atoms with Crippen molar-refractivity contribution in [2.24, 2.45) is 0 Å². The van der Waals surface area contributed by atoms with E-state index < -0.39 is 6.36 Å². The summed E-state index contributed by atoms with van der Waals surface area (Å²) in [6.07, 6.45) is -5.03. The van der Waals surface area contributed by atoms with Gasteiger partial charge in [-0.25, -0.2) is 13.1 Å². The average molecular weight is 497 g/mol. The average Bonchev–Trinajstić information content (AvgIpc) is 2.81. The minimum atomic E-state index is -4.74. The summed E-state index contributed by atoms with van der Waals surface area (Å²) in [7, 11) is 0. The molecule has 0 saturated carbocycles. The van der Waals surface area contributed by atoms with Crippen LogP contribution in [0.2, 0.25) is 0 Å². The van der Waals surface area contributed by atoms with Crippen LogP contribution < -0.4 is 9.46 Å². The van der Waals surface area contributed by atoms with Crippen molar-refractivity contribution in [3.63, 3.8) is 0 Å². The fraction of sp³-hybridized carbons (Fsp3) is 0.250. The molecule has 4 rings (SSSR count). The summed E-state index contributed by atoms with van der Waals surface area (Å²) in [5, 5.41) is 0. The molecule has 4 nitrogen and oxygen atoms in total. The number of alkyl halides is 3. The molecular formula is C24H21F5N2O2S. The Morgan fingerprint density at radius 3 is 1.97 bits per heavy atom. The largest absolute Gasteiger partial charge is 0.573 e. The highest BCUT2D eigenvalue weighted by molar-refractivity contribution is 7.98. The quantitative estimate of drug-likeness (QED) is 0.304. The van der Waals surface area contributed by atoms with E-state index in [9.17, 15) is 22.0 Å². The number of ether oxygens (including phenoxy) is 2. The highest BCUT2D eigenvalue weighted by Gasteiger charge is 2.32. The third-order valence-corrected chi connectivity index (χ3v) is 6.18. The standard InChI is InChI=1S/C24H21F5N2O2S/c25-18-5-1-16(2-6-18)23(17-3-7-19(26)8-4-17)22-15-31(13-14-32-22)34-30-20-9-11-21(12-10-20)33-24(27,28)29/h1-12,22-23,30H,13-15H2. The molecule has 10 heteroatoms. The Morgan fingerprint density at radius 2 is 1.44 bits per heavy atom. The first-order valence-corrected chi connectivity index (χ1v) is 11.2. The van der Waals surface area contributed by atoms with Crippen molar-refractivity contribution in [2.45, 2.75) is 18.4 Å². The van der Waals surface area contributed by atoms with Crippen molar-refractivity contribution in [3.8, 4) is 5.75 Å². The van der Waals surface area contributed by atoms with Crippen LogP contribution in [0, 0.1) is 11.6 Å². The number of nitrogens with one attached hydrogen (secondary N) is 1. The van der Waals surface area contributed by atoms with E-state index in [1.807, 2.05) is 4.31 Å². The van der Waals surface area contributed by atoms with Gasteiger partial charge in [-0.2, -0.15) is 0 Å². The number of hydrogen-bond acceptors (Lipinski definition) is 5. The summed E-state index contributed by atoms with van der Waals surface area (Å²) >= 11 is 1.31. The van der Waals surface area contributed by atoms with Gasteiger partial charge in [0.05, 0.1) is 12.7 Å². The zero-order chi connectivity index (χ0) is 24.1. The molecule has 1 N–H and O–H groups in total. The molecule has 1 heterocycles. The van der Waals surface area contributed by atoms with Gasteiger partial charge in [-0.1, -0.05) is 24.3 Å². The van der Waals surface area contributed by atoms with Crippen molar-refractivity contribution in [1.29, 1.82) is 0 Å². The van der Waals surface area contributed by atoms with Crippen LogP contribution in [-0.4, -0.2) is 36.5 Å². The molecule has 3 aromatic rings. The van der Waals surface area contributed by atoms with Gasteiger partial charge in [-0.3, -0.25) is 0 Å². The molecule has 1 atom stereocenters. The van der Waals surface area contributed by atoms with Crippen molar-refractivity contribution in [2.75, 3.05) is 24.4 Å². The minimum absolute atomic E-state index is 0.247. The summed E-state index contributed by atoms with van der Waals surface area (Å²) < 4.78 is 79.1. The molecule has 0 spiro atoms. The van der Waals surface area contributed by atoms with Crippen LogP contribution in [0.1, 0.15) is 17.0 Å². The Hall–Kier alpha value is -2.82. The lowest BCUT2D eigenvalue weighted by atomic mass is 9.86. The monoisotopic (exact) mass is 496 g/mol. The highest BCUT2D eigenvalue weighted by atomic mass is 32.2. The van der Waals surface area contributed by atoms with E-state index in [0.29, 0.717) is 25.4 Å². The number of halogens is 5. The molecule has 0 aromatic heterocycles. The minimum Gasteiger partial charge on any atom is -0.406 e. The van der Waals surface area contributed by atoms with Gasteiger partial charge in [-0.15, -0.1) is 13.2 Å². The molecule has 1 fully saturated rings. The fourth-order valence-electron chi connectivity index (χ4n) is 3.74. The van der Waals surface area contributed by atoms with Crippen LogP contribution in [0.4, 0.5) is 27.6 Å². The second-order valence-corrected chi connectivity index (χ2v) is 8.55. The second-order valence-electron chi connectivity index (χ2n) is 7.64. The van der Waals surface area contributed by atoms with Crippen molar-refractivity contribution in [1.82, 2.24) is 4.31 Å². The lowest BCUT2D eigenvalue weighted by Gasteiger charge is -2.36. The predicted molar refractivity (Wildman–Crippen MR) is 120 cm³/mol. The molecule has 3 aromatic carbocycles. The van der Waals surface area contributed by atoms with Crippen LogP contribution in [0.5, 0.6) is 5.75 Å². The molecule has 0 aliphatic carbocycles. The van der Waals surface area contributed by atoms with Gasteiger partial charge in [0.15, 0.2) is 0 Å². The number of anilines is 1. The number of morpholine rings is 1. The van der Waals surface area contributed by atoms with Crippen LogP contribution in [0.25, 0.3) is 0 Å². The zero-order valence-electron chi connectivity index (χ0n) is 17.8. The first-order valence-electron chi connectivity index (χ1n) is 10.4. The lowest BCUT2D eigenvalue weighted by Crippen LogP contribution is -2.42. The fourth-order valence-corrected chi connectivity index (χ4v) is 4.50. The summed E-state index contributed by atoms with van der Waals surface area (Å²) in [5.41, 5.74) is 2.30. The summed E-state index contributed by atoms with van der Waals surface area (Å²) in [6.45, 7) is 1.56. The Kier molecular flexibility index (Phi) is 7.60. The maximum atomic E-state index is 13.5. The number of hydrogen-bond donors (Lipinski definition) is 1. The number of nitrogens with zero attached hydrogens (tertiary/aromatic N) is 1. The van der Waals surface area contributed by atoms with E-state index in [1.54, 1.807) is 24.3 Å². The topological polar surface area (TPSA) is 33.7 Å². The molecule has 0 amide bonds. The number of rotatable bonds is 7. The normalized spacial score (nSPS) is 17.1. The predicted octanol–water partition coefficient (Wildman–Crippen LogP) is 6.37. The maximum absolute atomic E-state index is 13.5. The first-order chi connectivity index (χ1) is 16.3. The Labute approximate surface area is 197 Å². The van der Waals surface area contributed by atoms with E-state index in [0.717, 1.165) is 11.1 Å². The van der Waals surface area contributed by atoms with Gasteiger partial charge >= 0.3 is 6.36 Å². The third kappa shape index (κ3) is 6.62. The lowest BCUT2D eigenvalue weighted by molar-refractivity contribution is -0.274. The van der Waals surface area contributed by atoms with Crippen molar-refractivity contribution in [3.05, 3.63) is 95.6 Å². The SMILES string of the molecule is Fc1ccc(C(c2ccc(F)cc2)C2CN(SNc3ccc(OC(F)(F)F)cc3)CCO2)cc1. The summed E-state index contributed by atoms with van der Waals surface area (Å²) in [5.74, 6) is -1.24. The second kappa shape index (κ2) is 10.6. The zero-order valence-corrected chi connectivity index (χ0v) is 18.6. The molecule has 0 bridgehead atoms. The Balaban J connectivity index is 1.44. The van der Waals surface area contributed by atoms with Crippen molar-refractivity contribution < 1.29 is 31.4 Å². The molecule has 1 aliphatic heterocycles. The summed E-state index contributed by atoms with van der Waals surface area (Å²) in [4.78, 5) is 0. The van der Waals surface area contributed by atoms with Crippen molar-refractivity contribution >= 4 is 17.8 Å². The van der Waals surface area contributed by atoms with Gasteiger partial charge in [-0.05, 0) is 59.7 Å². The summed E-state index contributed by atoms with van der Waals surface area (Å²) in [6, 6.07) is 17.8. The molecule has 1 aliphatic rings. The smallest absolute Gasteiger partial charge is 0.406 e. The Bertz CT molecular complexity index is 1020. The van der Waals surface area contributed by atoms with E-state index in [1.165, 1.54) is 60.7 Å².